The molecule has 0 aliphatic rings. The van der Waals surface area contributed by atoms with Gasteiger partial charge >= 0.3 is 0 Å². The number of benzene rings is 2. The van der Waals surface area contributed by atoms with Crippen molar-refractivity contribution < 1.29 is 8.42 Å². The van der Waals surface area contributed by atoms with Gasteiger partial charge in [0.15, 0.2) is 5.82 Å². The molecule has 8 heteroatoms. The third-order valence-corrected chi connectivity index (χ3v) is 6.03. The predicted octanol–water partition coefficient (Wildman–Crippen LogP) is 3.24. The Morgan fingerprint density at radius 3 is 2.50 bits per heavy atom. The molecule has 1 N–H and O–H groups in total. The zero-order valence-electron chi connectivity index (χ0n) is 16.6. The first-order valence-electron chi connectivity index (χ1n) is 9.37. The van der Waals surface area contributed by atoms with Crippen molar-refractivity contribution in [3.05, 3.63) is 78.6 Å². The van der Waals surface area contributed by atoms with Crippen molar-refractivity contribution >= 4 is 26.9 Å². The molecule has 7 nitrogen and oxygen atoms in total. The highest BCUT2D eigenvalue weighted by Crippen LogP contribution is 2.26. The molecular formula is C22H21N5O2S. The molecule has 4 rings (SSSR count). The molecule has 0 atom stereocenters. The number of anilines is 1. The first-order chi connectivity index (χ1) is 14.4. The lowest BCUT2D eigenvalue weighted by Crippen LogP contribution is -2.23. The fraction of sp³-hybridized carbons (Fsp3) is 0.136. The standard InChI is InChI=1S/C22H21N5O2S/c1-27(2)22-21-20(23-15-24-22)12-11-19(26-21)17-9-6-10-18(13-17)30(28,29)25-14-16-7-4-3-5-8-16/h3-13,15,25H,14H2,1-2H3. The minimum atomic E-state index is -3.66. The molecule has 0 radical (unpaired) electrons. The number of hydrogen-bond donors (Lipinski definition) is 1. The number of aromatic nitrogens is 3. The molecule has 2 aromatic heterocycles. The SMILES string of the molecule is CN(C)c1ncnc2ccc(-c3cccc(S(=O)(=O)NCc4ccccc4)c3)nc12. The van der Waals surface area contributed by atoms with E-state index in [1.54, 1.807) is 18.2 Å². The zero-order valence-corrected chi connectivity index (χ0v) is 17.5. The molecule has 4 aromatic rings. The van der Waals surface area contributed by atoms with Crippen LogP contribution in [0.3, 0.4) is 0 Å². The molecule has 0 aliphatic heterocycles. The maximum atomic E-state index is 12.8. The smallest absolute Gasteiger partial charge is 0.240 e. The topological polar surface area (TPSA) is 88.1 Å². The van der Waals surface area contributed by atoms with Crippen LogP contribution >= 0.6 is 0 Å². The van der Waals surface area contributed by atoms with Crippen LogP contribution in [0.1, 0.15) is 5.56 Å². The summed E-state index contributed by atoms with van der Waals surface area (Å²) in [5, 5.41) is 0. The van der Waals surface area contributed by atoms with E-state index < -0.39 is 10.0 Å². The second-order valence-corrected chi connectivity index (χ2v) is 8.76. The number of nitrogens with one attached hydrogen (secondary N) is 1. The largest absolute Gasteiger partial charge is 0.361 e. The van der Waals surface area contributed by atoms with E-state index in [1.807, 2.05) is 67.5 Å². The van der Waals surface area contributed by atoms with Gasteiger partial charge in [0.05, 0.1) is 16.1 Å². The third kappa shape index (κ3) is 4.14. The molecule has 0 fully saturated rings. The van der Waals surface area contributed by atoms with E-state index in [0.717, 1.165) is 11.1 Å². The van der Waals surface area contributed by atoms with Gasteiger partial charge in [-0.3, -0.25) is 0 Å². The van der Waals surface area contributed by atoms with E-state index in [4.69, 9.17) is 4.98 Å². The van der Waals surface area contributed by atoms with E-state index in [-0.39, 0.29) is 11.4 Å². The predicted molar refractivity (Wildman–Crippen MR) is 118 cm³/mol. The molecular weight excluding hydrogens is 398 g/mol. The number of sulfonamides is 1. The summed E-state index contributed by atoms with van der Waals surface area (Å²) < 4.78 is 28.2. The monoisotopic (exact) mass is 419 g/mol. The van der Waals surface area contributed by atoms with Crippen LogP contribution in [0.25, 0.3) is 22.3 Å². The Labute approximate surface area is 175 Å². The average Bonchev–Trinajstić information content (AvgIpc) is 2.77. The lowest BCUT2D eigenvalue weighted by molar-refractivity contribution is 0.581. The average molecular weight is 420 g/mol. The number of rotatable bonds is 6. The van der Waals surface area contributed by atoms with Gasteiger partial charge in [0.2, 0.25) is 10.0 Å². The van der Waals surface area contributed by atoms with Crippen LogP contribution in [-0.4, -0.2) is 37.5 Å². The van der Waals surface area contributed by atoms with E-state index in [9.17, 15) is 8.42 Å². The first kappa shape index (κ1) is 19.9. The molecule has 0 unspecified atom stereocenters. The summed E-state index contributed by atoms with van der Waals surface area (Å²) in [6, 6.07) is 19.8. The Kier molecular flexibility index (Phi) is 5.43. The number of nitrogens with zero attached hydrogens (tertiary/aromatic N) is 4. The fourth-order valence-corrected chi connectivity index (χ4v) is 4.16. The minimum absolute atomic E-state index is 0.190. The molecule has 0 spiro atoms. The minimum Gasteiger partial charge on any atom is -0.361 e. The van der Waals surface area contributed by atoms with Crippen LogP contribution < -0.4 is 9.62 Å². The van der Waals surface area contributed by atoms with Crippen LogP contribution in [0, 0.1) is 0 Å². The van der Waals surface area contributed by atoms with E-state index in [0.29, 0.717) is 22.6 Å². The Morgan fingerprint density at radius 2 is 1.73 bits per heavy atom. The lowest BCUT2D eigenvalue weighted by atomic mass is 10.1. The molecule has 152 valence electrons. The number of fused-ring (bicyclic) bond motifs is 1. The van der Waals surface area contributed by atoms with Gasteiger partial charge in [-0.2, -0.15) is 0 Å². The van der Waals surface area contributed by atoms with Gasteiger partial charge in [0, 0.05) is 26.2 Å². The summed E-state index contributed by atoms with van der Waals surface area (Å²) in [4.78, 5) is 15.3. The van der Waals surface area contributed by atoms with Crippen molar-refractivity contribution in [1.29, 1.82) is 0 Å². The lowest BCUT2D eigenvalue weighted by Gasteiger charge is -2.13. The normalized spacial score (nSPS) is 11.5. The van der Waals surface area contributed by atoms with E-state index in [1.165, 1.54) is 6.33 Å². The van der Waals surface area contributed by atoms with Gasteiger partial charge < -0.3 is 4.90 Å². The van der Waals surface area contributed by atoms with Crippen molar-refractivity contribution in [3.63, 3.8) is 0 Å². The summed E-state index contributed by atoms with van der Waals surface area (Å²) in [7, 11) is 0.117. The van der Waals surface area contributed by atoms with Gasteiger partial charge in [-0.15, -0.1) is 0 Å². The van der Waals surface area contributed by atoms with Gasteiger partial charge in [-0.1, -0.05) is 42.5 Å². The molecule has 0 aliphatic carbocycles. The molecule has 0 bridgehead atoms. The molecule has 2 aromatic carbocycles. The molecule has 0 saturated heterocycles. The van der Waals surface area contributed by atoms with E-state index in [2.05, 4.69) is 14.7 Å². The summed E-state index contributed by atoms with van der Waals surface area (Å²) >= 11 is 0. The molecule has 0 amide bonds. The third-order valence-electron chi connectivity index (χ3n) is 4.64. The van der Waals surface area contributed by atoms with Crippen LogP contribution in [0.4, 0.5) is 5.82 Å². The molecule has 0 saturated carbocycles. The maximum absolute atomic E-state index is 12.8. The van der Waals surface area contributed by atoms with Crippen molar-refractivity contribution in [1.82, 2.24) is 19.7 Å². The van der Waals surface area contributed by atoms with Gasteiger partial charge in [0.1, 0.15) is 11.8 Å². The van der Waals surface area contributed by atoms with Crippen molar-refractivity contribution in [2.24, 2.45) is 0 Å². The fourth-order valence-electron chi connectivity index (χ4n) is 3.10. The van der Waals surface area contributed by atoms with Crippen molar-refractivity contribution in [3.8, 4) is 11.3 Å². The second kappa shape index (κ2) is 8.17. The van der Waals surface area contributed by atoms with Gasteiger partial charge in [-0.05, 0) is 29.8 Å². The Morgan fingerprint density at radius 1 is 0.933 bits per heavy atom. The molecule has 30 heavy (non-hydrogen) atoms. The highest BCUT2D eigenvalue weighted by atomic mass is 32.2. The van der Waals surface area contributed by atoms with Gasteiger partial charge in [-0.25, -0.2) is 28.1 Å². The van der Waals surface area contributed by atoms with Gasteiger partial charge in [0.25, 0.3) is 0 Å². The Hall–Kier alpha value is -3.36. The van der Waals surface area contributed by atoms with Crippen LogP contribution in [0.2, 0.25) is 0 Å². The number of pyridine rings is 1. The zero-order chi connectivity index (χ0) is 21.1. The highest BCUT2D eigenvalue weighted by Gasteiger charge is 2.16. The van der Waals surface area contributed by atoms with E-state index >= 15 is 0 Å². The number of hydrogen-bond acceptors (Lipinski definition) is 6. The quantitative estimate of drug-likeness (QED) is 0.516. The summed E-state index contributed by atoms with van der Waals surface area (Å²) in [5.74, 6) is 0.704. The second-order valence-electron chi connectivity index (χ2n) is 6.99. The van der Waals surface area contributed by atoms with Crippen LogP contribution in [0.5, 0.6) is 0 Å². The van der Waals surface area contributed by atoms with Crippen LogP contribution in [-0.2, 0) is 16.6 Å². The van der Waals surface area contributed by atoms with Crippen molar-refractivity contribution in [2.75, 3.05) is 19.0 Å². The van der Waals surface area contributed by atoms with Crippen LogP contribution in [0.15, 0.2) is 78.0 Å². The maximum Gasteiger partial charge on any atom is 0.240 e. The van der Waals surface area contributed by atoms with Crippen molar-refractivity contribution in [2.45, 2.75) is 11.4 Å². The summed E-state index contributed by atoms with van der Waals surface area (Å²) in [6.07, 6.45) is 1.50. The highest BCUT2D eigenvalue weighted by molar-refractivity contribution is 7.89. The first-order valence-corrected chi connectivity index (χ1v) is 10.9. The Balaban J connectivity index is 1.67. The summed E-state index contributed by atoms with van der Waals surface area (Å²) in [6.45, 7) is 0.227. The molecule has 2 heterocycles. The Bertz CT molecular complexity index is 1290. The summed E-state index contributed by atoms with van der Waals surface area (Å²) in [5.41, 5.74) is 3.64.